The molecule has 1 aliphatic heterocycles. The van der Waals surface area contributed by atoms with Gasteiger partial charge in [-0.1, -0.05) is 0 Å². The minimum atomic E-state index is -0.501. The lowest BCUT2D eigenvalue weighted by atomic mass is 10.1. The van der Waals surface area contributed by atoms with Gasteiger partial charge < -0.3 is 14.2 Å². The van der Waals surface area contributed by atoms with Crippen molar-refractivity contribution in [3.63, 3.8) is 0 Å². The Balaban J connectivity index is 1.44. The molecule has 10 nitrogen and oxygen atoms in total. The number of carbonyl (C=O) groups excluding carboxylic acids is 2. The van der Waals surface area contributed by atoms with Crippen molar-refractivity contribution in [2.45, 2.75) is 20.4 Å². The summed E-state index contributed by atoms with van der Waals surface area (Å²) < 4.78 is 6.93. The van der Waals surface area contributed by atoms with Crippen molar-refractivity contribution in [3.8, 4) is 0 Å². The molecule has 2 N–H and O–H groups in total. The molecule has 31 heavy (non-hydrogen) atoms. The number of ether oxygens (including phenoxy) is 1. The summed E-state index contributed by atoms with van der Waals surface area (Å²) in [7, 11) is 0. The molecule has 4 rings (SSSR count). The molecule has 3 aromatic rings. The van der Waals surface area contributed by atoms with Gasteiger partial charge in [-0.3, -0.25) is 25.2 Å². The van der Waals surface area contributed by atoms with Gasteiger partial charge in [-0.25, -0.2) is 9.97 Å². The van der Waals surface area contributed by atoms with E-state index in [9.17, 15) is 14.4 Å². The number of aryl methyl sites for hydroxylation is 2. The van der Waals surface area contributed by atoms with Crippen LogP contribution in [0.25, 0.3) is 11.0 Å². The van der Waals surface area contributed by atoms with Crippen molar-refractivity contribution < 1.29 is 14.3 Å². The van der Waals surface area contributed by atoms with Gasteiger partial charge in [0.15, 0.2) is 5.13 Å². The summed E-state index contributed by atoms with van der Waals surface area (Å²) in [6.07, 6.45) is 0. The Morgan fingerprint density at radius 1 is 1.16 bits per heavy atom. The van der Waals surface area contributed by atoms with E-state index in [1.807, 2.05) is 6.92 Å². The van der Waals surface area contributed by atoms with Crippen molar-refractivity contribution in [1.29, 1.82) is 0 Å². The number of nitrogens with zero attached hydrogens (tertiary/aromatic N) is 4. The minimum Gasteiger partial charge on any atom is -0.378 e. The predicted octanol–water partition coefficient (Wildman–Crippen LogP) is 1.09. The van der Waals surface area contributed by atoms with Crippen molar-refractivity contribution in [2.75, 3.05) is 31.2 Å². The molecular weight excluding hydrogens is 420 g/mol. The molecule has 2 aromatic heterocycles. The number of hydrazine groups is 1. The molecule has 11 heteroatoms. The third-order valence-corrected chi connectivity index (χ3v) is 5.88. The molecule has 0 atom stereocenters. The molecule has 1 aromatic carbocycles. The highest BCUT2D eigenvalue weighted by atomic mass is 32.1. The molecule has 1 aliphatic rings. The molecule has 162 valence electrons. The molecule has 0 aliphatic carbocycles. The number of benzene rings is 1. The number of anilines is 1. The van der Waals surface area contributed by atoms with Crippen LogP contribution in [0.3, 0.4) is 0 Å². The van der Waals surface area contributed by atoms with Gasteiger partial charge in [0.2, 0.25) is 0 Å². The first-order chi connectivity index (χ1) is 15.0. The van der Waals surface area contributed by atoms with Gasteiger partial charge in [0.1, 0.15) is 11.4 Å². The fourth-order valence-electron chi connectivity index (χ4n) is 3.35. The number of fused-ring (bicyclic) bond motifs is 1. The van der Waals surface area contributed by atoms with E-state index in [2.05, 4.69) is 25.7 Å². The molecule has 0 saturated carbocycles. The topological polar surface area (TPSA) is 118 Å². The molecule has 0 radical (unpaired) electrons. The van der Waals surface area contributed by atoms with Crippen LogP contribution >= 0.6 is 11.3 Å². The predicted molar refractivity (Wildman–Crippen MR) is 116 cm³/mol. The number of morpholine rings is 1. The van der Waals surface area contributed by atoms with Gasteiger partial charge in [-0.2, -0.15) is 0 Å². The molecule has 0 spiro atoms. The fraction of sp³-hybridized carbons (Fsp3) is 0.350. The zero-order valence-corrected chi connectivity index (χ0v) is 18.0. The molecular formula is C20H22N6O4S. The van der Waals surface area contributed by atoms with Crippen LogP contribution < -0.4 is 21.3 Å². The first kappa shape index (κ1) is 20.9. The zero-order valence-electron chi connectivity index (χ0n) is 17.2. The number of amides is 2. The van der Waals surface area contributed by atoms with E-state index in [-0.39, 0.29) is 11.3 Å². The lowest BCUT2D eigenvalue weighted by Crippen LogP contribution is -2.42. The molecule has 0 bridgehead atoms. The number of rotatable bonds is 4. The van der Waals surface area contributed by atoms with Gasteiger partial charge >= 0.3 is 0 Å². The maximum Gasteiger partial charge on any atom is 0.289 e. The van der Waals surface area contributed by atoms with Crippen molar-refractivity contribution in [1.82, 2.24) is 25.4 Å². The summed E-state index contributed by atoms with van der Waals surface area (Å²) in [6, 6.07) is 4.86. The normalized spacial score (nSPS) is 13.9. The van der Waals surface area contributed by atoms with Gasteiger partial charge in [0.25, 0.3) is 17.4 Å². The molecule has 3 heterocycles. The van der Waals surface area contributed by atoms with E-state index in [1.54, 1.807) is 35.1 Å². The summed E-state index contributed by atoms with van der Waals surface area (Å²) >= 11 is 1.37. The number of aromatic nitrogens is 3. The van der Waals surface area contributed by atoms with Crippen molar-refractivity contribution in [2.24, 2.45) is 0 Å². The van der Waals surface area contributed by atoms with Crippen molar-refractivity contribution >= 4 is 39.3 Å². The SMILES string of the molecule is CCn1c(=O)c(C)nc2cc(C(=O)NNC(=O)c3csc(N4CCOCC4)n3)ccc21. The van der Waals surface area contributed by atoms with Gasteiger partial charge in [-0.15, -0.1) is 11.3 Å². The van der Waals surface area contributed by atoms with Crippen LogP contribution in [0.4, 0.5) is 5.13 Å². The monoisotopic (exact) mass is 442 g/mol. The van der Waals surface area contributed by atoms with Gasteiger partial charge in [-0.05, 0) is 32.0 Å². The molecule has 1 fully saturated rings. The Labute approximate surface area is 181 Å². The summed E-state index contributed by atoms with van der Waals surface area (Å²) in [5.74, 6) is -0.994. The summed E-state index contributed by atoms with van der Waals surface area (Å²) in [5.41, 5.74) is 6.73. The highest BCUT2D eigenvalue weighted by Crippen LogP contribution is 2.21. The van der Waals surface area contributed by atoms with Crippen LogP contribution in [0.2, 0.25) is 0 Å². The lowest BCUT2D eigenvalue weighted by Gasteiger charge is -2.25. The van der Waals surface area contributed by atoms with Crippen LogP contribution in [-0.2, 0) is 11.3 Å². The third kappa shape index (κ3) is 4.28. The van der Waals surface area contributed by atoms with Crippen molar-refractivity contribution in [3.05, 3.63) is 50.9 Å². The Hall–Kier alpha value is -3.31. The first-order valence-corrected chi connectivity index (χ1v) is 10.8. The average Bonchev–Trinajstić information content (AvgIpc) is 3.29. The van der Waals surface area contributed by atoms with Crippen LogP contribution in [-0.4, -0.2) is 52.7 Å². The maximum absolute atomic E-state index is 12.5. The second kappa shape index (κ2) is 8.82. The third-order valence-electron chi connectivity index (χ3n) is 4.98. The van der Waals surface area contributed by atoms with E-state index in [4.69, 9.17) is 4.74 Å². The Morgan fingerprint density at radius 3 is 2.65 bits per heavy atom. The zero-order chi connectivity index (χ0) is 22.0. The van der Waals surface area contributed by atoms with E-state index in [1.165, 1.54) is 11.3 Å². The summed E-state index contributed by atoms with van der Waals surface area (Å²) in [6.45, 7) is 6.73. The second-order valence-corrected chi connectivity index (χ2v) is 7.81. The van der Waals surface area contributed by atoms with Crippen LogP contribution in [0.15, 0.2) is 28.4 Å². The smallest absolute Gasteiger partial charge is 0.289 e. The van der Waals surface area contributed by atoms with Crippen LogP contribution in [0.5, 0.6) is 0 Å². The Morgan fingerprint density at radius 2 is 1.90 bits per heavy atom. The lowest BCUT2D eigenvalue weighted by molar-refractivity contribution is 0.0844. The van der Waals surface area contributed by atoms with Gasteiger partial charge in [0, 0.05) is 30.6 Å². The second-order valence-electron chi connectivity index (χ2n) is 6.97. The number of hydrogen-bond acceptors (Lipinski definition) is 8. The first-order valence-electron chi connectivity index (χ1n) is 9.88. The van der Waals surface area contributed by atoms with Crippen LogP contribution in [0.1, 0.15) is 33.5 Å². The molecule has 0 unspecified atom stereocenters. The minimum absolute atomic E-state index is 0.154. The van der Waals surface area contributed by atoms with E-state index >= 15 is 0 Å². The van der Waals surface area contributed by atoms with Gasteiger partial charge in [0.05, 0.1) is 24.2 Å². The van der Waals surface area contributed by atoms with E-state index < -0.39 is 11.8 Å². The highest BCUT2D eigenvalue weighted by Gasteiger charge is 2.18. The van der Waals surface area contributed by atoms with Crippen LogP contribution in [0, 0.1) is 6.92 Å². The summed E-state index contributed by atoms with van der Waals surface area (Å²) in [4.78, 5) is 47.8. The quantitative estimate of drug-likeness (QED) is 0.581. The average molecular weight is 443 g/mol. The van der Waals surface area contributed by atoms with E-state index in [0.717, 1.165) is 18.2 Å². The fourth-order valence-corrected chi connectivity index (χ4v) is 4.21. The highest BCUT2D eigenvalue weighted by molar-refractivity contribution is 7.13. The number of thiazole rings is 1. The number of hydrogen-bond donors (Lipinski definition) is 2. The number of carbonyl (C=O) groups is 2. The number of nitrogens with one attached hydrogen (secondary N) is 2. The summed E-state index contributed by atoms with van der Waals surface area (Å²) in [5, 5.41) is 2.40. The Bertz CT molecular complexity index is 1200. The molecule has 2 amide bonds. The van der Waals surface area contributed by atoms with E-state index in [0.29, 0.717) is 42.0 Å². The standard InChI is InChI=1S/C20H22N6O4S/c1-3-26-16-5-4-13(10-14(16)21-12(2)19(26)29)17(27)23-24-18(28)15-11-31-20(22-15)25-6-8-30-9-7-25/h4-5,10-11H,3,6-9H2,1-2H3,(H,23,27)(H,24,28). The Kier molecular flexibility index (Phi) is 5.96. The largest absolute Gasteiger partial charge is 0.378 e. The maximum atomic E-state index is 12.5. The molecule has 1 saturated heterocycles.